The number of rotatable bonds is 2. The molecule has 98 valence electrons. The fraction of sp³-hybridized carbons (Fsp3) is 1.00. The first-order valence-electron chi connectivity index (χ1n) is 3.45. The quantitative estimate of drug-likeness (QED) is 0.459. The van der Waals surface area contributed by atoms with Gasteiger partial charge in [0.15, 0.2) is 0 Å². The number of hydrogen-bond donors (Lipinski definition) is 2. The lowest BCUT2D eigenvalue weighted by Gasteiger charge is -2.35. The molecule has 0 aliphatic rings. The van der Waals surface area contributed by atoms with Gasteiger partial charge in [0, 0.05) is 0 Å². The second kappa shape index (κ2) is 4.07. The Hall–Kier alpha value is -0.493. The third-order valence-corrected chi connectivity index (χ3v) is 4.76. The third-order valence-electron chi connectivity index (χ3n) is 1.59. The zero-order valence-corrected chi connectivity index (χ0v) is 8.40. The molecule has 0 aromatic carbocycles. The lowest BCUT2D eigenvalue weighted by atomic mass is 11.4. The molecule has 0 fully saturated rings. The number of nitrogens with one attached hydrogen (secondary N) is 2. The molecule has 0 rings (SSSR count). The Balaban J connectivity index is 5.82. The zero-order chi connectivity index (χ0) is 13.4. The van der Waals surface area contributed by atoms with Gasteiger partial charge in [0.2, 0.25) is 0 Å². The first kappa shape index (κ1) is 15.5. The molecule has 0 aliphatic carbocycles. The fourth-order valence-electron chi connectivity index (χ4n) is 0.882. The van der Waals surface area contributed by atoms with Crippen molar-refractivity contribution < 1.29 is 39.5 Å². The molecule has 0 radical (unpaired) electrons. The van der Waals surface area contributed by atoms with E-state index in [1.165, 1.54) is 0 Å². The third kappa shape index (κ3) is 2.27. The Morgan fingerprint density at radius 3 is 1.00 bits per heavy atom. The lowest BCUT2D eigenvalue weighted by molar-refractivity contribution is -0.168. The fourth-order valence-corrected chi connectivity index (χ4v) is 2.65. The van der Waals surface area contributed by atoms with Crippen molar-refractivity contribution >= 4 is 8.24 Å². The summed E-state index contributed by atoms with van der Waals surface area (Å²) in [6.07, 6.45) is 0. The van der Waals surface area contributed by atoms with Crippen molar-refractivity contribution in [3.63, 3.8) is 0 Å². The summed E-state index contributed by atoms with van der Waals surface area (Å²) in [5.41, 5.74) is 1.08. The summed E-state index contributed by atoms with van der Waals surface area (Å²) in [7, 11) is -7.27. The van der Waals surface area contributed by atoms with E-state index in [9.17, 15) is 39.5 Å². The molecule has 0 aromatic rings. The van der Waals surface area contributed by atoms with Crippen LogP contribution in [-0.4, -0.2) is 32.7 Å². The predicted octanol–water partition coefficient (Wildman–Crippen LogP) is 1.96. The minimum absolute atomic E-state index is 0.330. The minimum atomic E-state index is -7.76. The van der Waals surface area contributed by atoms with Crippen LogP contribution < -0.4 is 10.5 Å². The predicted molar refractivity (Wildman–Crippen MR) is 36.1 cm³/mol. The zero-order valence-electron chi connectivity index (χ0n) is 7.40. The van der Waals surface area contributed by atoms with Crippen molar-refractivity contribution in [1.82, 2.24) is 10.5 Å². The Bertz CT molecular complexity index is 203. The van der Waals surface area contributed by atoms with Gasteiger partial charge >= 0.3 is 25.6 Å². The maximum absolute atomic E-state index is 12.1. The summed E-state index contributed by atoms with van der Waals surface area (Å²) in [6, 6.07) is 0. The van der Waals surface area contributed by atoms with Gasteiger partial charge in [-0.2, -0.15) is 39.5 Å². The molecule has 0 amide bonds. The normalized spacial score (nSPS) is 15.4. The maximum atomic E-state index is 12.1. The van der Waals surface area contributed by atoms with Crippen molar-refractivity contribution in [3.8, 4) is 0 Å². The Morgan fingerprint density at radius 1 is 0.688 bits per heavy atom. The molecule has 0 aromatic heterocycles. The van der Waals surface area contributed by atoms with Gasteiger partial charge in [-0.15, -0.1) is 0 Å². The van der Waals surface area contributed by atoms with Crippen LogP contribution in [0.3, 0.4) is 0 Å². The van der Waals surface area contributed by atoms with Crippen LogP contribution in [0.15, 0.2) is 0 Å². The van der Waals surface area contributed by atoms with Gasteiger partial charge in [-0.1, -0.05) is 0 Å². The Labute approximate surface area is 83.9 Å². The summed E-state index contributed by atoms with van der Waals surface area (Å²) in [6.45, 7) is 0. The molecule has 0 bridgehead atoms. The molecule has 0 heterocycles. The first-order chi connectivity index (χ1) is 6.81. The van der Waals surface area contributed by atoms with Crippen molar-refractivity contribution in [2.24, 2.45) is 0 Å². The van der Waals surface area contributed by atoms with Crippen molar-refractivity contribution in [3.05, 3.63) is 0 Å². The molecule has 2 nitrogen and oxygen atoms in total. The van der Waals surface area contributed by atoms with Crippen LogP contribution in [0, 0.1) is 0 Å². The summed E-state index contributed by atoms with van der Waals surface area (Å²) in [5, 5.41) is 0.330. The van der Waals surface area contributed by atoms with Crippen molar-refractivity contribution in [1.29, 1.82) is 0 Å². The molecule has 0 spiro atoms. The summed E-state index contributed by atoms with van der Waals surface area (Å²) in [5.74, 6) is -19.4. The molecule has 0 aliphatic heterocycles. The van der Waals surface area contributed by atoms with Crippen molar-refractivity contribution in [2.45, 2.75) is 17.4 Å². The molecule has 2 N–H and O–H groups in total. The van der Waals surface area contributed by atoms with Gasteiger partial charge in [0.1, 0.15) is 0 Å². The number of alkyl halides is 9. The van der Waals surface area contributed by atoms with Gasteiger partial charge in [0.05, 0.1) is 0 Å². The van der Waals surface area contributed by atoms with Crippen LogP contribution in [0.5, 0.6) is 0 Å². The topological polar surface area (TPSA) is 24.1 Å². The van der Waals surface area contributed by atoms with E-state index in [0.717, 1.165) is 5.43 Å². The van der Waals surface area contributed by atoms with E-state index in [1.807, 2.05) is 0 Å². The van der Waals surface area contributed by atoms with E-state index in [-0.39, 0.29) is 0 Å². The highest BCUT2D eigenvalue weighted by atomic mass is 28.3. The van der Waals surface area contributed by atoms with Crippen LogP contribution in [-0.2, 0) is 0 Å². The summed E-state index contributed by atoms with van der Waals surface area (Å²) >= 11 is 0. The van der Waals surface area contributed by atoms with Crippen LogP contribution >= 0.6 is 0 Å². The Kier molecular flexibility index (Phi) is 3.94. The highest BCUT2D eigenvalue weighted by Crippen LogP contribution is 2.47. The van der Waals surface area contributed by atoms with Gasteiger partial charge in [-0.25, -0.2) is 0 Å². The maximum Gasteiger partial charge on any atom is 0.502 e. The van der Waals surface area contributed by atoms with E-state index >= 15 is 0 Å². The second-order valence-electron chi connectivity index (χ2n) is 2.62. The first-order valence-corrected chi connectivity index (χ1v) is 5.45. The minimum Gasteiger partial charge on any atom is -0.267 e. The van der Waals surface area contributed by atoms with E-state index in [2.05, 4.69) is 0 Å². The van der Waals surface area contributed by atoms with Crippen LogP contribution in [0.1, 0.15) is 0 Å². The number of halogens is 9. The number of hydrogen-bond acceptors (Lipinski definition) is 2. The van der Waals surface area contributed by atoms with E-state index in [1.54, 1.807) is 0 Å². The Morgan fingerprint density at radius 2 is 0.938 bits per heavy atom. The SMILES string of the molecule is CNN[Si](C(F)(F)F)(C(F)(F)F)C(F)(F)F. The molecular weight excluding hydrogens is 275 g/mol. The monoisotopic (exact) mass is 280 g/mol. The average molecular weight is 280 g/mol. The molecule has 16 heavy (non-hydrogen) atoms. The molecule has 12 heteroatoms. The van der Waals surface area contributed by atoms with Crippen LogP contribution in [0.25, 0.3) is 0 Å². The summed E-state index contributed by atoms with van der Waals surface area (Å²) < 4.78 is 109. The molecule has 0 atom stereocenters. The van der Waals surface area contributed by atoms with Gasteiger partial charge < -0.3 is 0 Å². The largest absolute Gasteiger partial charge is 0.502 e. The highest BCUT2D eigenvalue weighted by Gasteiger charge is 2.88. The summed E-state index contributed by atoms with van der Waals surface area (Å²) in [4.78, 5) is 0. The molecule has 0 saturated carbocycles. The van der Waals surface area contributed by atoms with E-state index in [4.69, 9.17) is 0 Å². The lowest BCUT2D eigenvalue weighted by Crippen LogP contribution is -2.81. The highest BCUT2D eigenvalue weighted by molar-refractivity contribution is 6.82. The van der Waals surface area contributed by atoms with E-state index < -0.39 is 25.6 Å². The molecule has 0 saturated heterocycles. The standard InChI is InChI=1S/C4H5F9N2Si/c1-14-15-16(2(5,6)7,3(8,9)10)4(11,12)13/h14-15H,1H3. The van der Waals surface area contributed by atoms with Gasteiger partial charge in [-0.05, 0) is 7.05 Å². The second-order valence-corrected chi connectivity index (χ2v) is 6.07. The number of hydrazine groups is 1. The van der Waals surface area contributed by atoms with Crippen LogP contribution in [0.2, 0.25) is 0 Å². The molecule has 0 unspecified atom stereocenters. The average Bonchev–Trinajstić information content (AvgIpc) is 1.91. The van der Waals surface area contributed by atoms with E-state index in [0.29, 0.717) is 12.1 Å². The smallest absolute Gasteiger partial charge is 0.267 e. The molecular formula is C4H5F9N2Si. The van der Waals surface area contributed by atoms with Gasteiger partial charge in [-0.3, -0.25) is 10.5 Å². The van der Waals surface area contributed by atoms with Gasteiger partial charge in [0.25, 0.3) is 0 Å². The van der Waals surface area contributed by atoms with Crippen molar-refractivity contribution in [2.75, 3.05) is 7.05 Å². The van der Waals surface area contributed by atoms with Crippen LogP contribution in [0.4, 0.5) is 39.5 Å².